The molecule has 0 unspecified atom stereocenters. The van der Waals surface area contributed by atoms with E-state index < -0.39 is 5.97 Å². The van der Waals surface area contributed by atoms with Crippen molar-refractivity contribution < 1.29 is 14.7 Å². The summed E-state index contributed by atoms with van der Waals surface area (Å²) in [5.74, 6) is 0.700. The van der Waals surface area contributed by atoms with Crippen molar-refractivity contribution in [2.75, 3.05) is 0 Å². The number of carbonyl (C=O) groups is 2. The van der Waals surface area contributed by atoms with Gasteiger partial charge in [0.1, 0.15) is 5.82 Å². The number of hydrogen-bond donors (Lipinski definition) is 1. The van der Waals surface area contributed by atoms with E-state index >= 15 is 0 Å². The topological polar surface area (TPSA) is 72.2 Å². The predicted octanol–water partition coefficient (Wildman–Crippen LogP) is 7.15. The van der Waals surface area contributed by atoms with Crippen LogP contribution in [0.2, 0.25) is 0 Å². The standard InChI is InChI=1S/C27H36N2O3S/c1-5-18(4)19(11-13-27(31)32)16-25(30)20-10-12-24-23(15-20)28-26(17-22-9-8-14-33-22)29(24)21(6-2)7-3/h8-10,12,14-15,18-19,21H,5-7,11,13,16-17H2,1-4H3,(H,31,32)/t18-,19-/m0/s1. The summed E-state index contributed by atoms with van der Waals surface area (Å²) in [5, 5.41) is 11.2. The van der Waals surface area contributed by atoms with Crippen molar-refractivity contribution in [1.82, 2.24) is 9.55 Å². The number of aromatic nitrogens is 2. The number of hydrogen-bond acceptors (Lipinski definition) is 4. The molecule has 0 aliphatic heterocycles. The van der Waals surface area contributed by atoms with Gasteiger partial charge in [-0.25, -0.2) is 4.98 Å². The van der Waals surface area contributed by atoms with E-state index in [1.165, 1.54) is 4.88 Å². The smallest absolute Gasteiger partial charge is 0.303 e. The van der Waals surface area contributed by atoms with Crippen LogP contribution in [0.15, 0.2) is 35.7 Å². The van der Waals surface area contributed by atoms with Crippen molar-refractivity contribution in [2.24, 2.45) is 11.8 Å². The summed E-state index contributed by atoms with van der Waals surface area (Å²) in [4.78, 5) is 30.5. The summed E-state index contributed by atoms with van der Waals surface area (Å²) < 4.78 is 2.36. The van der Waals surface area contributed by atoms with E-state index in [1.54, 1.807) is 11.3 Å². The molecule has 3 rings (SSSR count). The van der Waals surface area contributed by atoms with Crippen LogP contribution in [0, 0.1) is 11.8 Å². The number of ketones is 1. The summed E-state index contributed by atoms with van der Waals surface area (Å²) in [6, 6.07) is 10.5. The number of thiophene rings is 1. The lowest BCUT2D eigenvalue weighted by Gasteiger charge is -2.22. The molecule has 178 valence electrons. The highest BCUT2D eigenvalue weighted by atomic mass is 32.1. The maximum absolute atomic E-state index is 13.2. The van der Waals surface area contributed by atoms with Crippen molar-refractivity contribution in [3.8, 4) is 0 Å². The summed E-state index contributed by atoms with van der Waals surface area (Å²) in [6.07, 6.45) is 4.79. The largest absolute Gasteiger partial charge is 0.481 e. The van der Waals surface area contributed by atoms with E-state index in [0.717, 1.165) is 42.5 Å². The Hall–Kier alpha value is -2.47. The minimum absolute atomic E-state index is 0.0736. The monoisotopic (exact) mass is 468 g/mol. The van der Waals surface area contributed by atoms with Crippen LogP contribution < -0.4 is 0 Å². The Kier molecular flexibility index (Phi) is 8.84. The first-order chi connectivity index (χ1) is 15.9. The molecule has 0 saturated heterocycles. The van der Waals surface area contributed by atoms with Gasteiger partial charge in [0, 0.05) is 35.7 Å². The van der Waals surface area contributed by atoms with E-state index in [1.807, 2.05) is 18.2 Å². The summed E-state index contributed by atoms with van der Waals surface area (Å²) in [7, 11) is 0. The Morgan fingerprint density at radius 2 is 1.88 bits per heavy atom. The number of imidazole rings is 1. The average Bonchev–Trinajstić information content (AvgIpc) is 3.44. The van der Waals surface area contributed by atoms with Gasteiger partial charge in [0.15, 0.2) is 5.78 Å². The maximum Gasteiger partial charge on any atom is 0.303 e. The third-order valence-electron chi connectivity index (χ3n) is 6.93. The molecule has 0 saturated carbocycles. The second kappa shape index (κ2) is 11.6. The third kappa shape index (κ3) is 6.11. The van der Waals surface area contributed by atoms with Crippen molar-refractivity contribution in [3.63, 3.8) is 0 Å². The lowest BCUT2D eigenvalue weighted by atomic mass is 9.83. The van der Waals surface area contributed by atoms with Gasteiger partial charge in [-0.1, -0.05) is 40.2 Å². The predicted molar refractivity (Wildman–Crippen MR) is 135 cm³/mol. The molecule has 2 atom stereocenters. The molecule has 0 aliphatic rings. The molecule has 6 heteroatoms. The van der Waals surface area contributed by atoms with E-state index in [9.17, 15) is 9.59 Å². The number of fused-ring (bicyclic) bond motifs is 1. The second-order valence-electron chi connectivity index (χ2n) is 9.03. The van der Waals surface area contributed by atoms with Crippen LogP contribution in [-0.4, -0.2) is 26.4 Å². The molecule has 2 aromatic heterocycles. The highest BCUT2D eigenvalue weighted by molar-refractivity contribution is 7.09. The van der Waals surface area contributed by atoms with Crippen molar-refractivity contribution in [1.29, 1.82) is 0 Å². The summed E-state index contributed by atoms with van der Waals surface area (Å²) in [6.45, 7) is 8.61. The van der Waals surface area contributed by atoms with Crippen LogP contribution in [0.4, 0.5) is 0 Å². The zero-order valence-electron chi connectivity index (χ0n) is 20.2. The molecule has 0 fully saturated rings. The fourth-order valence-corrected chi connectivity index (χ4v) is 5.36. The average molecular weight is 469 g/mol. The Morgan fingerprint density at radius 1 is 1.12 bits per heavy atom. The highest BCUT2D eigenvalue weighted by Gasteiger charge is 2.23. The van der Waals surface area contributed by atoms with Crippen molar-refractivity contribution in [2.45, 2.75) is 78.7 Å². The third-order valence-corrected chi connectivity index (χ3v) is 7.81. The molecule has 1 N–H and O–H groups in total. The van der Waals surface area contributed by atoms with Gasteiger partial charge < -0.3 is 9.67 Å². The minimum atomic E-state index is -0.803. The number of nitrogens with zero attached hydrogens (tertiary/aromatic N) is 2. The Morgan fingerprint density at radius 3 is 2.48 bits per heavy atom. The van der Waals surface area contributed by atoms with Gasteiger partial charge in [0.05, 0.1) is 11.0 Å². The molecular formula is C27H36N2O3S. The molecule has 33 heavy (non-hydrogen) atoms. The summed E-state index contributed by atoms with van der Waals surface area (Å²) in [5.41, 5.74) is 2.61. The van der Waals surface area contributed by atoms with Crippen LogP contribution in [0.5, 0.6) is 0 Å². The first-order valence-electron chi connectivity index (χ1n) is 12.2. The highest BCUT2D eigenvalue weighted by Crippen LogP contribution is 2.30. The fraction of sp³-hybridized carbons (Fsp3) is 0.519. The number of carboxylic acids is 1. The van der Waals surface area contributed by atoms with Crippen LogP contribution in [0.3, 0.4) is 0 Å². The Bertz CT molecular complexity index is 1070. The number of carboxylic acid groups (broad SMARTS) is 1. The number of carbonyl (C=O) groups excluding carboxylic acids is 1. The van der Waals surface area contributed by atoms with Crippen molar-refractivity contribution >= 4 is 34.1 Å². The van der Waals surface area contributed by atoms with Gasteiger partial charge in [0.25, 0.3) is 0 Å². The molecular weight excluding hydrogens is 432 g/mol. The molecule has 0 radical (unpaired) electrons. The summed E-state index contributed by atoms with van der Waals surface area (Å²) >= 11 is 1.74. The van der Waals surface area contributed by atoms with Crippen molar-refractivity contribution in [3.05, 3.63) is 52.0 Å². The van der Waals surface area contributed by atoms with E-state index in [-0.39, 0.29) is 18.1 Å². The van der Waals surface area contributed by atoms with Gasteiger partial charge in [-0.05, 0) is 60.7 Å². The number of Topliss-reactive ketones (excluding diaryl/α,β-unsaturated/α-hetero) is 1. The maximum atomic E-state index is 13.2. The number of aliphatic carboxylic acids is 1. The van der Waals surface area contributed by atoms with Crippen LogP contribution in [0.1, 0.15) is 93.3 Å². The molecule has 1 aromatic carbocycles. The Labute approximate surface area is 200 Å². The molecule has 0 bridgehead atoms. The molecule has 0 amide bonds. The van der Waals surface area contributed by atoms with Gasteiger partial charge in [-0.2, -0.15) is 0 Å². The number of rotatable bonds is 13. The molecule has 0 spiro atoms. The number of benzene rings is 1. The molecule has 0 aliphatic carbocycles. The SMILES string of the molecule is CCC(CC)n1c(Cc2cccs2)nc2cc(C(=O)C[C@H](CCC(=O)O)[C@@H](C)CC)ccc21. The van der Waals surface area contributed by atoms with Crippen LogP contribution >= 0.6 is 11.3 Å². The van der Waals surface area contributed by atoms with E-state index in [2.05, 4.69) is 49.8 Å². The lowest BCUT2D eigenvalue weighted by molar-refractivity contribution is -0.137. The zero-order chi connectivity index (χ0) is 24.0. The molecule has 2 heterocycles. The lowest BCUT2D eigenvalue weighted by Crippen LogP contribution is -2.17. The van der Waals surface area contributed by atoms with Gasteiger partial charge in [-0.15, -0.1) is 11.3 Å². The van der Waals surface area contributed by atoms with E-state index in [4.69, 9.17) is 10.1 Å². The van der Waals surface area contributed by atoms with E-state index in [0.29, 0.717) is 30.4 Å². The quantitative estimate of drug-likeness (QED) is 0.270. The molecule has 5 nitrogen and oxygen atoms in total. The second-order valence-corrected chi connectivity index (χ2v) is 10.1. The van der Waals surface area contributed by atoms with Gasteiger partial charge in [0.2, 0.25) is 0 Å². The van der Waals surface area contributed by atoms with Gasteiger partial charge >= 0.3 is 5.97 Å². The molecule has 3 aromatic rings. The van der Waals surface area contributed by atoms with Crippen LogP contribution in [0.25, 0.3) is 11.0 Å². The minimum Gasteiger partial charge on any atom is -0.481 e. The fourth-order valence-electron chi connectivity index (χ4n) is 4.66. The zero-order valence-corrected chi connectivity index (χ0v) is 21.0. The van der Waals surface area contributed by atoms with Crippen LogP contribution in [-0.2, 0) is 11.2 Å². The van der Waals surface area contributed by atoms with Gasteiger partial charge in [-0.3, -0.25) is 9.59 Å². The Balaban J connectivity index is 1.91. The normalized spacial score (nSPS) is 13.5. The first kappa shape index (κ1) is 25.2. The first-order valence-corrected chi connectivity index (χ1v) is 13.0.